The fourth-order valence-corrected chi connectivity index (χ4v) is 3.94. The van der Waals surface area contributed by atoms with E-state index in [2.05, 4.69) is 72.2 Å². The molecule has 0 bridgehead atoms. The Kier molecular flexibility index (Phi) is 6.45. The second-order valence-electron chi connectivity index (χ2n) is 7.73. The molecule has 0 aliphatic heterocycles. The van der Waals surface area contributed by atoms with Crippen molar-refractivity contribution in [3.8, 4) is 5.75 Å². The summed E-state index contributed by atoms with van der Waals surface area (Å²) in [7, 11) is 0. The van der Waals surface area contributed by atoms with Crippen LogP contribution >= 0.6 is 0 Å². The minimum atomic E-state index is 0.489. The van der Waals surface area contributed by atoms with E-state index in [0.717, 1.165) is 23.6 Å². The largest absolute Gasteiger partial charge is 0.486 e. The minimum Gasteiger partial charge on any atom is -0.486 e. The Morgan fingerprint density at radius 2 is 1.55 bits per heavy atom. The Bertz CT molecular complexity index is 1070. The smallest absolute Gasteiger partial charge is 0.147 e. The van der Waals surface area contributed by atoms with Gasteiger partial charge in [0.05, 0.1) is 11.0 Å². The highest BCUT2D eigenvalue weighted by Crippen LogP contribution is 2.23. The monoisotopic (exact) mass is 386 g/mol. The Morgan fingerprint density at radius 3 is 2.45 bits per heavy atom. The van der Waals surface area contributed by atoms with Gasteiger partial charge in [-0.1, -0.05) is 81.5 Å². The van der Waals surface area contributed by atoms with Crippen molar-refractivity contribution in [3.05, 3.63) is 72.6 Å². The van der Waals surface area contributed by atoms with Gasteiger partial charge in [-0.05, 0) is 41.5 Å². The maximum absolute atomic E-state index is 6.15. The molecule has 0 fully saturated rings. The molecule has 1 heterocycles. The zero-order valence-corrected chi connectivity index (χ0v) is 17.3. The van der Waals surface area contributed by atoms with Crippen molar-refractivity contribution in [1.29, 1.82) is 0 Å². The zero-order valence-electron chi connectivity index (χ0n) is 17.3. The number of para-hydroxylation sites is 2. The first-order valence-electron chi connectivity index (χ1n) is 10.9. The van der Waals surface area contributed by atoms with Crippen molar-refractivity contribution >= 4 is 21.8 Å². The van der Waals surface area contributed by atoms with Crippen LogP contribution in [-0.4, -0.2) is 9.55 Å². The van der Waals surface area contributed by atoms with Crippen LogP contribution in [0.2, 0.25) is 0 Å². The van der Waals surface area contributed by atoms with E-state index >= 15 is 0 Å². The van der Waals surface area contributed by atoms with E-state index in [1.54, 1.807) is 0 Å². The minimum absolute atomic E-state index is 0.489. The highest BCUT2D eigenvalue weighted by Gasteiger charge is 2.11. The number of nitrogens with zero attached hydrogens (tertiary/aromatic N) is 2. The summed E-state index contributed by atoms with van der Waals surface area (Å²) >= 11 is 0. The highest BCUT2D eigenvalue weighted by molar-refractivity contribution is 5.83. The number of imidazole rings is 1. The van der Waals surface area contributed by atoms with Crippen molar-refractivity contribution in [1.82, 2.24) is 9.55 Å². The molecule has 0 radical (unpaired) electrons. The first kappa shape index (κ1) is 19.5. The summed E-state index contributed by atoms with van der Waals surface area (Å²) in [6, 6.07) is 23.0. The summed E-state index contributed by atoms with van der Waals surface area (Å²) in [5, 5.41) is 2.43. The average molecular weight is 387 g/mol. The molecule has 0 amide bonds. The molecule has 0 unspecified atom stereocenters. The number of aromatic nitrogens is 2. The molecule has 0 spiro atoms. The number of hydrogen-bond acceptors (Lipinski definition) is 2. The molecule has 0 atom stereocenters. The molecule has 1 aromatic heterocycles. The second kappa shape index (κ2) is 9.60. The van der Waals surface area contributed by atoms with Crippen molar-refractivity contribution in [2.45, 2.75) is 58.6 Å². The van der Waals surface area contributed by atoms with Gasteiger partial charge in [-0.15, -0.1) is 0 Å². The van der Waals surface area contributed by atoms with Crippen LogP contribution in [0.4, 0.5) is 0 Å². The van der Waals surface area contributed by atoms with E-state index in [1.165, 1.54) is 54.8 Å². The highest BCUT2D eigenvalue weighted by atomic mass is 16.5. The second-order valence-corrected chi connectivity index (χ2v) is 7.73. The molecular formula is C26H30N2O. The molecule has 3 heteroatoms. The van der Waals surface area contributed by atoms with Gasteiger partial charge in [0.1, 0.15) is 18.2 Å². The van der Waals surface area contributed by atoms with E-state index in [1.807, 2.05) is 6.07 Å². The zero-order chi connectivity index (χ0) is 19.9. The summed E-state index contributed by atoms with van der Waals surface area (Å²) in [6.45, 7) is 3.76. The average Bonchev–Trinajstić information content (AvgIpc) is 3.12. The van der Waals surface area contributed by atoms with Crippen molar-refractivity contribution in [2.75, 3.05) is 0 Å². The summed E-state index contributed by atoms with van der Waals surface area (Å²) in [5.41, 5.74) is 2.26. The Morgan fingerprint density at radius 1 is 0.793 bits per heavy atom. The molecule has 29 heavy (non-hydrogen) atoms. The third-order valence-electron chi connectivity index (χ3n) is 5.56. The fraction of sp³-hybridized carbons (Fsp3) is 0.346. The number of ether oxygens (including phenoxy) is 1. The van der Waals surface area contributed by atoms with Gasteiger partial charge in [0, 0.05) is 6.54 Å². The number of fused-ring (bicyclic) bond motifs is 2. The van der Waals surface area contributed by atoms with Crippen molar-refractivity contribution in [3.63, 3.8) is 0 Å². The lowest BCUT2D eigenvalue weighted by molar-refractivity contribution is 0.290. The van der Waals surface area contributed by atoms with Gasteiger partial charge < -0.3 is 9.30 Å². The molecule has 0 saturated carbocycles. The summed E-state index contributed by atoms with van der Waals surface area (Å²) < 4.78 is 8.49. The van der Waals surface area contributed by atoms with Crippen LogP contribution in [0.1, 0.15) is 51.3 Å². The standard InChI is InChI=1S/C26H30N2O/c1-2-3-4-5-6-11-18-28-25-15-10-9-14-24(25)27-26(28)20-29-23-17-16-21-12-7-8-13-22(21)19-23/h7-10,12-17,19H,2-6,11,18,20H2,1H3. The molecule has 3 aromatic carbocycles. The first-order valence-corrected chi connectivity index (χ1v) is 10.9. The molecule has 4 aromatic rings. The normalized spacial score (nSPS) is 11.3. The number of aryl methyl sites for hydroxylation is 1. The predicted octanol–water partition coefficient (Wildman–Crippen LogP) is 7.13. The third kappa shape index (κ3) is 4.79. The van der Waals surface area contributed by atoms with E-state index in [-0.39, 0.29) is 0 Å². The maximum Gasteiger partial charge on any atom is 0.147 e. The predicted molar refractivity (Wildman–Crippen MR) is 121 cm³/mol. The maximum atomic E-state index is 6.15. The van der Waals surface area contributed by atoms with Crippen LogP contribution in [0.25, 0.3) is 21.8 Å². The van der Waals surface area contributed by atoms with Crippen LogP contribution in [-0.2, 0) is 13.2 Å². The fourth-order valence-electron chi connectivity index (χ4n) is 3.94. The lowest BCUT2D eigenvalue weighted by atomic mass is 10.1. The van der Waals surface area contributed by atoms with E-state index in [4.69, 9.17) is 9.72 Å². The quantitative estimate of drug-likeness (QED) is 0.271. The van der Waals surface area contributed by atoms with Crippen LogP contribution in [0.5, 0.6) is 5.75 Å². The van der Waals surface area contributed by atoms with E-state index < -0.39 is 0 Å². The van der Waals surface area contributed by atoms with Crippen molar-refractivity contribution < 1.29 is 4.74 Å². The number of hydrogen-bond donors (Lipinski definition) is 0. The first-order chi connectivity index (χ1) is 14.3. The van der Waals surface area contributed by atoms with Crippen LogP contribution in [0.3, 0.4) is 0 Å². The Labute approximate surface area is 173 Å². The van der Waals surface area contributed by atoms with Crippen molar-refractivity contribution in [2.24, 2.45) is 0 Å². The van der Waals surface area contributed by atoms with E-state index in [0.29, 0.717) is 6.61 Å². The Hall–Kier alpha value is -2.81. The van der Waals surface area contributed by atoms with Gasteiger partial charge in [-0.3, -0.25) is 0 Å². The van der Waals surface area contributed by atoms with Crippen LogP contribution < -0.4 is 4.74 Å². The third-order valence-corrected chi connectivity index (χ3v) is 5.56. The summed E-state index contributed by atoms with van der Waals surface area (Å²) in [5.74, 6) is 1.90. The lowest BCUT2D eigenvalue weighted by Crippen LogP contribution is -2.07. The molecule has 0 aliphatic rings. The van der Waals surface area contributed by atoms with Gasteiger partial charge in [-0.25, -0.2) is 4.98 Å². The molecule has 0 aliphatic carbocycles. The molecule has 150 valence electrons. The molecule has 0 N–H and O–H groups in total. The summed E-state index contributed by atoms with van der Waals surface area (Å²) in [6.07, 6.45) is 7.77. The van der Waals surface area contributed by atoms with Gasteiger partial charge >= 0.3 is 0 Å². The summed E-state index contributed by atoms with van der Waals surface area (Å²) in [4.78, 5) is 4.86. The van der Waals surface area contributed by atoms with Gasteiger partial charge in [0.25, 0.3) is 0 Å². The molecule has 0 saturated heterocycles. The topological polar surface area (TPSA) is 27.1 Å². The van der Waals surface area contributed by atoms with Crippen LogP contribution in [0, 0.1) is 0 Å². The van der Waals surface area contributed by atoms with E-state index in [9.17, 15) is 0 Å². The Balaban J connectivity index is 1.46. The number of rotatable bonds is 10. The number of benzene rings is 3. The van der Waals surface area contributed by atoms with Crippen LogP contribution in [0.15, 0.2) is 66.7 Å². The number of unbranched alkanes of at least 4 members (excludes halogenated alkanes) is 5. The lowest BCUT2D eigenvalue weighted by Gasteiger charge is -2.11. The SMILES string of the molecule is CCCCCCCCn1c(COc2ccc3ccccc3c2)nc2ccccc21. The van der Waals surface area contributed by atoms with Gasteiger partial charge in [0.15, 0.2) is 0 Å². The van der Waals surface area contributed by atoms with Gasteiger partial charge in [0.2, 0.25) is 0 Å². The molecule has 3 nitrogen and oxygen atoms in total. The van der Waals surface area contributed by atoms with Gasteiger partial charge in [-0.2, -0.15) is 0 Å². The molecule has 4 rings (SSSR count). The molecular weight excluding hydrogens is 356 g/mol.